The van der Waals surface area contributed by atoms with Gasteiger partial charge in [0.15, 0.2) is 5.96 Å². The molecule has 0 fully saturated rings. The van der Waals surface area contributed by atoms with Crippen LogP contribution in [0.5, 0.6) is 0 Å². The quantitative estimate of drug-likeness (QED) is 0.348. The Labute approximate surface area is 184 Å². The number of nitrogens with zero attached hydrogens (tertiary/aromatic N) is 4. The Morgan fingerprint density at radius 2 is 1.87 bits per heavy atom. The van der Waals surface area contributed by atoms with E-state index >= 15 is 0 Å². The number of aliphatic imine (C=N–C) groups is 1. The molecule has 0 aliphatic carbocycles. The van der Waals surface area contributed by atoms with Crippen LogP contribution in [0.2, 0.25) is 0 Å². The largest absolute Gasteiger partial charge is 0.364 e. The summed E-state index contributed by atoms with van der Waals surface area (Å²) in [6, 6.07) is 19.1. The fourth-order valence-corrected chi connectivity index (χ4v) is 3.64. The summed E-state index contributed by atoms with van der Waals surface area (Å²) >= 11 is 0. The molecule has 1 aliphatic rings. The van der Waals surface area contributed by atoms with Gasteiger partial charge in [-0.3, -0.25) is 0 Å². The van der Waals surface area contributed by atoms with Crippen LogP contribution in [-0.2, 0) is 6.54 Å². The number of aromatic nitrogens is 2. The van der Waals surface area contributed by atoms with Gasteiger partial charge in [0.25, 0.3) is 0 Å². The van der Waals surface area contributed by atoms with Gasteiger partial charge in [0.2, 0.25) is 0 Å². The first-order chi connectivity index (χ1) is 15.2. The molecule has 0 spiro atoms. The molecule has 6 heteroatoms. The highest BCUT2D eigenvalue weighted by Crippen LogP contribution is 2.19. The van der Waals surface area contributed by atoms with Crippen LogP contribution in [0.1, 0.15) is 31.0 Å². The van der Waals surface area contributed by atoms with E-state index in [1.807, 2.05) is 16.9 Å². The van der Waals surface area contributed by atoms with Crippen molar-refractivity contribution in [3.63, 3.8) is 0 Å². The Morgan fingerprint density at radius 1 is 1.06 bits per heavy atom. The fourth-order valence-electron chi connectivity index (χ4n) is 3.64. The third kappa shape index (κ3) is 5.34. The molecular weight excluding hydrogens is 384 g/mol. The zero-order valence-electron chi connectivity index (χ0n) is 18.2. The molecule has 2 aromatic carbocycles. The first kappa shape index (κ1) is 20.7. The number of nitrogens with one attached hydrogen (secondary N) is 2. The van der Waals surface area contributed by atoms with Crippen molar-refractivity contribution in [3.8, 4) is 5.69 Å². The van der Waals surface area contributed by atoms with Gasteiger partial charge in [-0.1, -0.05) is 36.4 Å². The summed E-state index contributed by atoms with van der Waals surface area (Å²) in [6.07, 6.45) is 8.16. The summed E-state index contributed by atoms with van der Waals surface area (Å²) in [6.45, 7) is 7.66. The van der Waals surface area contributed by atoms with Gasteiger partial charge in [-0.15, -0.1) is 0 Å². The maximum absolute atomic E-state index is 4.80. The van der Waals surface area contributed by atoms with E-state index in [1.165, 1.54) is 16.8 Å². The summed E-state index contributed by atoms with van der Waals surface area (Å²) in [5, 5.41) is 11.2. The lowest BCUT2D eigenvalue weighted by molar-refractivity contribution is 0.685. The molecule has 6 nitrogen and oxygen atoms in total. The Hall–Kier alpha value is -3.54. The number of hydrogen-bond donors (Lipinski definition) is 2. The normalized spacial score (nSPS) is 14.6. The Balaban J connectivity index is 1.41. The highest BCUT2D eigenvalue weighted by atomic mass is 15.3. The Kier molecular flexibility index (Phi) is 6.67. The van der Waals surface area contributed by atoms with Crippen molar-refractivity contribution in [3.05, 3.63) is 90.3 Å². The van der Waals surface area contributed by atoms with Crippen LogP contribution in [-0.4, -0.2) is 35.4 Å². The molecule has 1 aliphatic heterocycles. The van der Waals surface area contributed by atoms with Crippen LogP contribution in [0.3, 0.4) is 0 Å². The summed E-state index contributed by atoms with van der Waals surface area (Å²) in [5.74, 6) is 0.812. The lowest BCUT2D eigenvalue weighted by Crippen LogP contribution is -2.38. The fraction of sp³-hybridized carbons (Fsp3) is 0.280. The van der Waals surface area contributed by atoms with Crippen LogP contribution >= 0.6 is 0 Å². The van der Waals surface area contributed by atoms with Crippen LogP contribution in [0, 0.1) is 0 Å². The molecule has 1 aromatic heterocycles. The lowest BCUT2D eigenvalue weighted by atomic mass is 10.1. The number of benzene rings is 2. The van der Waals surface area contributed by atoms with Crippen molar-refractivity contribution in [1.82, 2.24) is 20.4 Å². The topological polar surface area (TPSA) is 57.5 Å². The minimum atomic E-state index is 0.110. The number of hydrogen-bond acceptors (Lipinski definition) is 3. The van der Waals surface area contributed by atoms with Crippen LogP contribution in [0.15, 0.2) is 84.1 Å². The molecule has 160 valence electrons. The monoisotopic (exact) mass is 414 g/mol. The molecule has 0 saturated heterocycles. The molecule has 4 rings (SSSR count). The van der Waals surface area contributed by atoms with Gasteiger partial charge >= 0.3 is 0 Å². The van der Waals surface area contributed by atoms with Gasteiger partial charge in [-0.25, -0.2) is 9.67 Å². The molecule has 31 heavy (non-hydrogen) atoms. The third-order valence-electron chi connectivity index (χ3n) is 5.38. The molecule has 2 N–H and O–H groups in total. The first-order valence-electron chi connectivity index (χ1n) is 10.9. The summed E-state index contributed by atoms with van der Waals surface area (Å²) in [7, 11) is 0. The Morgan fingerprint density at radius 3 is 2.58 bits per heavy atom. The molecule has 1 atom stereocenters. The zero-order valence-corrected chi connectivity index (χ0v) is 18.2. The standard InChI is InChI=1S/C25H30N6/c1-3-26-25(27-19-21-10-12-23(13-11-21)30-15-4-5-16-30)29-20(2)22-8-6-9-24(18-22)31-17-7-14-28-31/h4-14,17-18,20H,3,15-16,19H2,1-2H3,(H2,26,27,29). The van der Waals surface area contributed by atoms with Crippen LogP contribution in [0.25, 0.3) is 5.69 Å². The minimum Gasteiger partial charge on any atom is -0.364 e. The minimum absolute atomic E-state index is 0.110. The molecular formula is C25H30N6. The van der Waals surface area contributed by atoms with Crippen molar-refractivity contribution in [2.24, 2.45) is 4.99 Å². The molecule has 0 radical (unpaired) electrons. The van der Waals surface area contributed by atoms with E-state index in [4.69, 9.17) is 4.99 Å². The molecule has 0 bridgehead atoms. The summed E-state index contributed by atoms with van der Waals surface area (Å²) in [4.78, 5) is 7.14. The predicted molar refractivity (Wildman–Crippen MR) is 128 cm³/mol. The van der Waals surface area contributed by atoms with E-state index in [0.717, 1.165) is 31.3 Å². The van der Waals surface area contributed by atoms with Gasteiger partial charge < -0.3 is 15.5 Å². The van der Waals surface area contributed by atoms with Gasteiger partial charge in [0.1, 0.15) is 0 Å². The van der Waals surface area contributed by atoms with Crippen LogP contribution < -0.4 is 15.5 Å². The first-order valence-corrected chi connectivity index (χ1v) is 10.9. The van der Waals surface area contributed by atoms with Gasteiger partial charge in [-0.2, -0.15) is 5.10 Å². The van der Waals surface area contributed by atoms with Gasteiger partial charge in [0, 0.05) is 37.7 Å². The maximum Gasteiger partial charge on any atom is 0.192 e. The molecule has 0 saturated carbocycles. The van der Waals surface area contributed by atoms with Gasteiger partial charge in [-0.05, 0) is 55.3 Å². The van der Waals surface area contributed by atoms with Crippen molar-refractivity contribution < 1.29 is 0 Å². The predicted octanol–water partition coefficient (Wildman–Crippen LogP) is 4.06. The highest BCUT2D eigenvalue weighted by Gasteiger charge is 2.10. The van der Waals surface area contributed by atoms with E-state index in [1.54, 1.807) is 6.20 Å². The second kappa shape index (κ2) is 9.98. The number of guanidine groups is 1. The van der Waals surface area contributed by atoms with E-state index < -0.39 is 0 Å². The maximum atomic E-state index is 4.80. The summed E-state index contributed by atoms with van der Waals surface area (Å²) in [5.41, 5.74) is 4.68. The van der Waals surface area contributed by atoms with Crippen molar-refractivity contribution in [2.45, 2.75) is 26.4 Å². The molecule has 1 unspecified atom stereocenters. The SMILES string of the molecule is CCNC(=NCc1ccc(N2CC=CC2)cc1)NC(C)c1cccc(-n2cccn2)c1. The molecule has 3 aromatic rings. The second-order valence-corrected chi connectivity index (χ2v) is 7.65. The van der Waals surface area contributed by atoms with Gasteiger partial charge in [0.05, 0.1) is 18.3 Å². The van der Waals surface area contributed by atoms with E-state index in [2.05, 4.69) is 95.2 Å². The van der Waals surface area contributed by atoms with Crippen molar-refractivity contribution in [2.75, 3.05) is 24.5 Å². The van der Waals surface area contributed by atoms with E-state index in [0.29, 0.717) is 6.54 Å². The van der Waals surface area contributed by atoms with E-state index in [9.17, 15) is 0 Å². The number of anilines is 1. The smallest absolute Gasteiger partial charge is 0.192 e. The highest BCUT2D eigenvalue weighted by molar-refractivity contribution is 5.80. The van der Waals surface area contributed by atoms with Crippen molar-refractivity contribution >= 4 is 11.6 Å². The van der Waals surface area contributed by atoms with Crippen LogP contribution in [0.4, 0.5) is 5.69 Å². The average molecular weight is 415 g/mol. The van der Waals surface area contributed by atoms with E-state index in [-0.39, 0.29) is 6.04 Å². The second-order valence-electron chi connectivity index (χ2n) is 7.65. The summed E-state index contributed by atoms with van der Waals surface area (Å²) < 4.78 is 1.87. The average Bonchev–Trinajstić information content (AvgIpc) is 3.53. The number of rotatable bonds is 7. The zero-order chi connectivity index (χ0) is 21.5. The Bertz CT molecular complexity index is 1010. The molecule has 0 amide bonds. The van der Waals surface area contributed by atoms with Crippen molar-refractivity contribution in [1.29, 1.82) is 0 Å². The molecule has 2 heterocycles. The third-order valence-corrected chi connectivity index (χ3v) is 5.38. The lowest BCUT2D eigenvalue weighted by Gasteiger charge is -2.19.